The maximum atomic E-state index is 10.9. The molecule has 6 nitrogen and oxygen atoms in total. The molecule has 2 heterocycles. The molecule has 0 N–H and O–H groups in total. The van der Waals surface area contributed by atoms with Gasteiger partial charge in [0.15, 0.2) is 0 Å². The van der Waals surface area contributed by atoms with Crippen molar-refractivity contribution in [2.75, 3.05) is 39.6 Å². The molecule has 2 unspecified atom stereocenters. The molecule has 114 valence electrons. The van der Waals surface area contributed by atoms with Crippen molar-refractivity contribution in [1.82, 2.24) is 0 Å². The van der Waals surface area contributed by atoms with E-state index in [2.05, 4.69) is 9.47 Å². The average molecular weight is 286 g/mol. The van der Waals surface area contributed by atoms with Gasteiger partial charge in [-0.15, -0.1) is 0 Å². The van der Waals surface area contributed by atoms with Crippen LogP contribution in [0.4, 0.5) is 0 Å². The minimum Gasteiger partial charge on any atom is -0.464 e. The minimum atomic E-state index is -0.104. The fourth-order valence-corrected chi connectivity index (χ4v) is 2.07. The summed E-state index contributed by atoms with van der Waals surface area (Å²) < 4.78 is 20.2. The molecule has 0 amide bonds. The summed E-state index contributed by atoms with van der Waals surface area (Å²) in [5.41, 5.74) is 0. The summed E-state index contributed by atoms with van der Waals surface area (Å²) in [5, 5.41) is 0. The van der Waals surface area contributed by atoms with Crippen LogP contribution in [0.5, 0.6) is 0 Å². The van der Waals surface area contributed by atoms with Crippen LogP contribution < -0.4 is 0 Å². The first-order chi connectivity index (χ1) is 9.77. The summed E-state index contributed by atoms with van der Waals surface area (Å²) in [5.74, 6) is -0.0365. The number of ether oxygens (including phenoxy) is 4. The molecule has 0 bridgehead atoms. The molecular formula is C14H22O6. The predicted octanol–water partition coefficient (Wildman–Crippen LogP) is 0.926. The van der Waals surface area contributed by atoms with E-state index < -0.39 is 0 Å². The van der Waals surface area contributed by atoms with Crippen LogP contribution >= 0.6 is 0 Å². The number of rotatable bonds is 11. The topological polar surface area (TPSA) is 71.1 Å². The Kier molecular flexibility index (Phi) is 6.26. The third-order valence-electron chi connectivity index (χ3n) is 3.55. The van der Waals surface area contributed by atoms with Gasteiger partial charge in [-0.25, -0.2) is 0 Å². The van der Waals surface area contributed by atoms with E-state index in [1.807, 2.05) is 0 Å². The number of hydrogen-bond acceptors (Lipinski definition) is 6. The molecule has 6 heteroatoms. The molecule has 0 radical (unpaired) electrons. The van der Waals surface area contributed by atoms with Crippen LogP contribution in [0.2, 0.25) is 0 Å². The monoisotopic (exact) mass is 286 g/mol. The maximum Gasteiger partial charge on any atom is 0.312 e. The Morgan fingerprint density at radius 1 is 0.800 bits per heavy atom. The first kappa shape index (κ1) is 15.3. The highest BCUT2D eigenvalue weighted by Gasteiger charge is 2.30. The molecule has 2 aliphatic rings. The third kappa shape index (κ3) is 4.76. The Balaban J connectivity index is 1.28. The number of cyclic esters (lactones) is 2. The van der Waals surface area contributed by atoms with E-state index in [9.17, 15) is 9.59 Å². The van der Waals surface area contributed by atoms with Gasteiger partial charge in [0.1, 0.15) is 13.2 Å². The summed E-state index contributed by atoms with van der Waals surface area (Å²) in [4.78, 5) is 21.7. The lowest BCUT2D eigenvalue weighted by atomic mass is 10.0. The molecule has 2 rings (SSSR count). The van der Waals surface area contributed by atoms with Crippen LogP contribution in [-0.2, 0) is 28.5 Å². The van der Waals surface area contributed by atoms with Crippen LogP contribution in [0.1, 0.15) is 25.7 Å². The molecular weight excluding hydrogens is 264 g/mol. The summed E-state index contributed by atoms with van der Waals surface area (Å²) in [6, 6.07) is 0. The Morgan fingerprint density at radius 3 is 1.90 bits per heavy atom. The van der Waals surface area contributed by atoms with Gasteiger partial charge in [0.2, 0.25) is 0 Å². The van der Waals surface area contributed by atoms with Gasteiger partial charge in [-0.1, -0.05) is 0 Å². The smallest absolute Gasteiger partial charge is 0.312 e. The second-order valence-corrected chi connectivity index (χ2v) is 5.16. The molecule has 0 aliphatic carbocycles. The van der Waals surface area contributed by atoms with Crippen LogP contribution in [-0.4, -0.2) is 51.6 Å². The predicted molar refractivity (Wildman–Crippen MR) is 69.0 cm³/mol. The van der Waals surface area contributed by atoms with Crippen LogP contribution in [0.15, 0.2) is 0 Å². The van der Waals surface area contributed by atoms with E-state index in [-0.39, 0.29) is 23.8 Å². The molecule has 0 aromatic heterocycles. The fourth-order valence-electron chi connectivity index (χ4n) is 2.07. The minimum absolute atomic E-state index is 0.0458. The number of esters is 2. The molecule has 2 saturated heterocycles. The quantitative estimate of drug-likeness (QED) is 0.415. The van der Waals surface area contributed by atoms with Gasteiger partial charge in [-0.05, 0) is 25.7 Å². The highest BCUT2D eigenvalue weighted by molar-refractivity contribution is 5.77. The van der Waals surface area contributed by atoms with Crippen LogP contribution in [0.25, 0.3) is 0 Å². The molecule has 2 fully saturated rings. The summed E-state index contributed by atoms with van der Waals surface area (Å²) in [6.07, 6.45) is 3.34. The molecule has 2 aliphatic heterocycles. The first-order valence-corrected chi connectivity index (χ1v) is 7.26. The zero-order valence-corrected chi connectivity index (χ0v) is 11.7. The molecule has 0 spiro atoms. The first-order valence-electron chi connectivity index (χ1n) is 7.26. The highest BCUT2D eigenvalue weighted by Crippen LogP contribution is 2.18. The highest BCUT2D eigenvalue weighted by atomic mass is 16.6. The lowest BCUT2D eigenvalue weighted by Crippen LogP contribution is -2.35. The normalized spacial score (nSPS) is 24.6. The van der Waals surface area contributed by atoms with Gasteiger partial charge in [-0.2, -0.15) is 0 Å². The van der Waals surface area contributed by atoms with Crippen LogP contribution in [0, 0.1) is 11.8 Å². The Hall–Kier alpha value is -1.14. The number of carbonyl (C=O) groups excluding carboxylic acids is 2. The van der Waals surface area contributed by atoms with E-state index >= 15 is 0 Å². The van der Waals surface area contributed by atoms with E-state index in [0.29, 0.717) is 39.6 Å². The standard InChI is InChI=1S/C14H22O6/c15-13-11(9-19-13)3-1-5-17-6-2-7-18-8-4-12-10-20-14(12)16/h11-12H,1-10H2. The van der Waals surface area contributed by atoms with Crippen molar-refractivity contribution < 1.29 is 28.5 Å². The maximum absolute atomic E-state index is 10.9. The SMILES string of the molecule is O=C1OCC1CCCOCCCOCCC1COC1=O. The zero-order chi connectivity index (χ0) is 14.2. The number of carbonyl (C=O) groups is 2. The summed E-state index contributed by atoms with van der Waals surface area (Å²) in [7, 11) is 0. The van der Waals surface area contributed by atoms with Crippen molar-refractivity contribution in [3.63, 3.8) is 0 Å². The lowest BCUT2D eigenvalue weighted by Gasteiger charge is -2.24. The van der Waals surface area contributed by atoms with E-state index in [1.54, 1.807) is 0 Å². The molecule has 20 heavy (non-hydrogen) atoms. The van der Waals surface area contributed by atoms with Crippen LogP contribution in [0.3, 0.4) is 0 Å². The van der Waals surface area contributed by atoms with Gasteiger partial charge in [0.05, 0.1) is 11.8 Å². The molecule has 2 atom stereocenters. The van der Waals surface area contributed by atoms with Gasteiger partial charge in [0, 0.05) is 26.4 Å². The lowest BCUT2D eigenvalue weighted by molar-refractivity contribution is -0.170. The molecule has 0 aromatic rings. The van der Waals surface area contributed by atoms with Crippen molar-refractivity contribution in [3.05, 3.63) is 0 Å². The molecule has 0 saturated carbocycles. The van der Waals surface area contributed by atoms with E-state index in [4.69, 9.17) is 9.47 Å². The van der Waals surface area contributed by atoms with Gasteiger partial charge in [-0.3, -0.25) is 9.59 Å². The Morgan fingerprint density at radius 2 is 1.35 bits per heavy atom. The van der Waals surface area contributed by atoms with E-state index in [1.165, 1.54) is 0 Å². The Bertz CT molecular complexity index is 298. The number of hydrogen-bond donors (Lipinski definition) is 0. The zero-order valence-electron chi connectivity index (χ0n) is 11.7. The average Bonchev–Trinajstić information content (AvgIpc) is 2.45. The van der Waals surface area contributed by atoms with Crippen molar-refractivity contribution in [2.24, 2.45) is 11.8 Å². The Labute approximate surface area is 118 Å². The van der Waals surface area contributed by atoms with Crippen molar-refractivity contribution >= 4 is 11.9 Å². The van der Waals surface area contributed by atoms with Gasteiger partial charge >= 0.3 is 11.9 Å². The van der Waals surface area contributed by atoms with Crippen molar-refractivity contribution in [2.45, 2.75) is 25.7 Å². The van der Waals surface area contributed by atoms with Gasteiger partial charge < -0.3 is 18.9 Å². The second kappa shape index (κ2) is 8.21. The fraction of sp³-hybridized carbons (Fsp3) is 0.857. The third-order valence-corrected chi connectivity index (χ3v) is 3.55. The van der Waals surface area contributed by atoms with Gasteiger partial charge in [0.25, 0.3) is 0 Å². The van der Waals surface area contributed by atoms with E-state index in [0.717, 1.165) is 25.7 Å². The summed E-state index contributed by atoms with van der Waals surface area (Å²) in [6.45, 7) is 3.71. The molecule has 0 aromatic carbocycles. The largest absolute Gasteiger partial charge is 0.464 e. The second-order valence-electron chi connectivity index (χ2n) is 5.16. The van der Waals surface area contributed by atoms with Crippen molar-refractivity contribution in [3.8, 4) is 0 Å². The van der Waals surface area contributed by atoms with Crippen molar-refractivity contribution in [1.29, 1.82) is 0 Å². The summed E-state index contributed by atoms with van der Waals surface area (Å²) >= 11 is 0.